The number of carbonyl (C=O) groups excluding carboxylic acids is 2. The molecule has 1 aliphatic rings. The number of amides is 2. The Balaban J connectivity index is 0.00000529. The lowest BCUT2D eigenvalue weighted by molar-refractivity contribution is -0.135. The molecule has 0 spiro atoms. The maximum atomic E-state index is 14.0. The van der Waals surface area contributed by atoms with Gasteiger partial charge in [-0.15, -0.1) is 12.4 Å². The van der Waals surface area contributed by atoms with E-state index >= 15 is 0 Å². The van der Waals surface area contributed by atoms with Crippen molar-refractivity contribution >= 4 is 24.2 Å². The van der Waals surface area contributed by atoms with Gasteiger partial charge in [-0.1, -0.05) is 6.07 Å². The van der Waals surface area contributed by atoms with Crippen LogP contribution in [0, 0.1) is 11.6 Å². The van der Waals surface area contributed by atoms with Crippen LogP contribution in [-0.4, -0.2) is 61.2 Å². The molecule has 2 aromatic carbocycles. The minimum absolute atomic E-state index is 0. The van der Waals surface area contributed by atoms with Gasteiger partial charge in [0.15, 0.2) is 23.0 Å². The van der Waals surface area contributed by atoms with Crippen molar-refractivity contribution in [2.75, 3.05) is 32.9 Å². The molecular formula is C29H33ClF4N4O6. The predicted molar refractivity (Wildman–Crippen MR) is 153 cm³/mol. The molecule has 2 heterocycles. The Bertz CT molecular complexity index is 1420. The lowest BCUT2D eigenvalue weighted by atomic mass is 10.2. The number of unbranched alkanes of at least 4 members (excludes halogenated alkanes) is 1. The smallest absolute Gasteiger partial charge is 0.387 e. The van der Waals surface area contributed by atoms with Crippen molar-refractivity contribution in [1.29, 1.82) is 0 Å². The summed E-state index contributed by atoms with van der Waals surface area (Å²) in [6, 6.07) is 6.25. The van der Waals surface area contributed by atoms with E-state index in [0.29, 0.717) is 51.6 Å². The van der Waals surface area contributed by atoms with Gasteiger partial charge in [-0.25, -0.2) is 13.8 Å². The van der Waals surface area contributed by atoms with E-state index in [1.165, 1.54) is 24.3 Å². The number of rotatable bonds is 13. The number of nitrogens with one attached hydrogen (secondary N) is 1. The average Bonchev–Trinajstić information content (AvgIpc) is 3.43. The number of halogens is 5. The van der Waals surface area contributed by atoms with Crippen molar-refractivity contribution in [3.63, 3.8) is 0 Å². The average molecular weight is 645 g/mol. The van der Waals surface area contributed by atoms with Gasteiger partial charge in [0.05, 0.1) is 25.9 Å². The van der Waals surface area contributed by atoms with Crippen LogP contribution in [0.4, 0.5) is 17.6 Å². The summed E-state index contributed by atoms with van der Waals surface area (Å²) in [6.07, 6.45) is 1.32. The molecule has 1 saturated heterocycles. The van der Waals surface area contributed by atoms with E-state index in [1.807, 2.05) is 0 Å². The van der Waals surface area contributed by atoms with E-state index in [4.69, 9.17) is 19.6 Å². The van der Waals surface area contributed by atoms with Crippen molar-refractivity contribution in [3.05, 3.63) is 65.1 Å². The fraction of sp³-hybridized carbons (Fsp3) is 0.414. The number of hydrogen-bond donors (Lipinski definition) is 2. The Kier molecular flexibility index (Phi) is 12.8. The van der Waals surface area contributed by atoms with Crippen molar-refractivity contribution in [2.45, 2.75) is 45.4 Å². The Morgan fingerprint density at radius 3 is 2.52 bits per heavy atom. The summed E-state index contributed by atoms with van der Waals surface area (Å²) in [4.78, 5) is 31.2. The fourth-order valence-electron chi connectivity index (χ4n) is 4.33. The zero-order valence-corrected chi connectivity index (χ0v) is 24.6. The molecular weight excluding hydrogens is 612 g/mol. The molecule has 1 aromatic heterocycles. The van der Waals surface area contributed by atoms with Crippen LogP contribution in [0.15, 0.2) is 40.8 Å². The highest BCUT2D eigenvalue weighted by Crippen LogP contribution is 2.35. The molecule has 0 aliphatic carbocycles. The first-order chi connectivity index (χ1) is 20.6. The van der Waals surface area contributed by atoms with E-state index in [0.717, 1.165) is 6.07 Å². The Morgan fingerprint density at radius 1 is 1.09 bits per heavy atom. The molecule has 2 amide bonds. The first kappa shape index (κ1) is 34.6. The molecule has 0 bridgehead atoms. The normalized spacial score (nSPS) is 13.8. The molecule has 0 radical (unpaired) electrons. The van der Waals surface area contributed by atoms with E-state index in [2.05, 4.69) is 15.0 Å². The van der Waals surface area contributed by atoms with Crippen LogP contribution >= 0.6 is 12.4 Å². The van der Waals surface area contributed by atoms with Gasteiger partial charge in [-0.3, -0.25) is 9.59 Å². The van der Waals surface area contributed by atoms with Gasteiger partial charge in [0.1, 0.15) is 11.6 Å². The number of alkyl halides is 2. The molecule has 44 heavy (non-hydrogen) atoms. The Labute approximate surface area is 257 Å². The van der Waals surface area contributed by atoms with Gasteiger partial charge >= 0.3 is 6.61 Å². The number of benzene rings is 2. The van der Waals surface area contributed by atoms with Gasteiger partial charge < -0.3 is 34.6 Å². The highest BCUT2D eigenvalue weighted by atomic mass is 35.5. The number of carbonyl (C=O) groups is 2. The molecule has 1 fully saturated rings. The van der Waals surface area contributed by atoms with Crippen LogP contribution in [0.5, 0.6) is 11.5 Å². The second kappa shape index (κ2) is 16.3. The summed E-state index contributed by atoms with van der Waals surface area (Å²) in [5, 5.41) is 2.51. The molecule has 4 rings (SSSR count). The van der Waals surface area contributed by atoms with Crippen molar-refractivity contribution in [2.24, 2.45) is 5.73 Å². The highest BCUT2D eigenvalue weighted by molar-refractivity contribution is 5.94. The summed E-state index contributed by atoms with van der Waals surface area (Å²) in [5.41, 5.74) is 6.17. The van der Waals surface area contributed by atoms with Crippen LogP contribution in [0.3, 0.4) is 0 Å². The third-order valence-corrected chi connectivity index (χ3v) is 6.55. The summed E-state index contributed by atoms with van der Waals surface area (Å²) in [7, 11) is 0. The lowest BCUT2D eigenvalue weighted by Gasteiger charge is -2.26. The van der Waals surface area contributed by atoms with E-state index in [1.54, 1.807) is 11.8 Å². The third-order valence-electron chi connectivity index (χ3n) is 6.55. The van der Waals surface area contributed by atoms with Crippen molar-refractivity contribution < 1.29 is 45.8 Å². The van der Waals surface area contributed by atoms with Gasteiger partial charge in [0.2, 0.25) is 11.8 Å². The van der Waals surface area contributed by atoms with Crippen LogP contribution in [0.2, 0.25) is 0 Å². The monoisotopic (exact) mass is 644 g/mol. The van der Waals surface area contributed by atoms with Gasteiger partial charge in [0.25, 0.3) is 5.91 Å². The molecule has 3 N–H and O–H groups in total. The Hall–Kier alpha value is -3.88. The zero-order valence-electron chi connectivity index (χ0n) is 23.8. The Morgan fingerprint density at radius 2 is 1.84 bits per heavy atom. The summed E-state index contributed by atoms with van der Waals surface area (Å²) in [6.45, 7) is 0.458. The van der Waals surface area contributed by atoms with Crippen molar-refractivity contribution in [3.8, 4) is 23.0 Å². The topological polar surface area (TPSA) is 129 Å². The first-order valence-electron chi connectivity index (χ1n) is 13.7. The van der Waals surface area contributed by atoms with Crippen LogP contribution in [-0.2, 0) is 16.1 Å². The number of aromatic nitrogens is 1. The standard InChI is InChI=1S/C29H32F4N4O6.ClH/c1-17(34)26-25(27(39)35-16-19-5-7-20(30)15-21(19)31)36-28(43-26)18-6-8-22(42-29(32)33)23(14-18)41-11-3-2-4-24(38)37-9-12-40-13-10-37;/h5-8,14-15,17,29H,2-4,9-13,16,34H2,1H3,(H,35,39);1H/t17-;/m0./s1. The largest absolute Gasteiger partial charge is 0.490 e. The molecule has 240 valence electrons. The van der Waals surface area contributed by atoms with E-state index in [9.17, 15) is 27.2 Å². The number of oxazole rings is 1. The zero-order chi connectivity index (χ0) is 30.9. The first-order valence-corrected chi connectivity index (χ1v) is 13.7. The lowest BCUT2D eigenvalue weighted by Crippen LogP contribution is -2.40. The molecule has 15 heteroatoms. The highest BCUT2D eigenvalue weighted by Gasteiger charge is 2.25. The maximum absolute atomic E-state index is 14.0. The second-order valence-electron chi connectivity index (χ2n) is 9.78. The van der Waals surface area contributed by atoms with Crippen molar-refractivity contribution in [1.82, 2.24) is 15.2 Å². The quantitative estimate of drug-likeness (QED) is 0.197. The molecule has 1 aliphatic heterocycles. The van der Waals surface area contributed by atoms with Crippen LogP contribution in [0.1, 0.15) is 54.0 Å². The minimum atomic E-state index is -3.10. The van der Waals surface area contributed by atoms with Gasteiger partial charge in [0, 0.05) is 43.2 Å². The molecule has 10 nitrogen and oxygen atoms in total. The maximum Gasteiger partial charge on any atom is 0.387 e. The second-order valence-corrected chi connectivity index (χ2v) is 9.78. The molecule has 3 aromatic rings. The molecule has 1 atom stereocenters. The summed E-state index contributed by atoms with van der Waals surface area (Å²) in [5.74, 6) is -2.52. The van der Waals surface area contributed by atoms with Gasteiger partial charge in [-0.2, -0.15) is 8.78 Å². The SMILES string of the molecule is C[C@H](N)c1oc(-c2ccc(OC(F)F)c(OCCCCC(=O)N3CCOCC3)c2)nc1C(=O)NCc1ccc(F)cc1F.Cl. The number of morpholine rings is 1. The number of ether oxygens (including phenoxy) is 3. The van der Waals surface area contributed by atoms with Crippen LogP contribution in [0.25, 0.3) is 11.5 Å². The number of nitrogens with zero attached hydrogens (tertiary/aromatic N) is 2. The van der Waals surface area contributed by atoms with E-state index < -0.39 is 30.2 Å². The fourth-order valence-corrected chi connectivity index (χ4v) is 4.33. The number of hydrogen-bond acceptors (Lipinski definition) is 8. The van der Waals surface area contributed by atoms with E-state index in [-0.39, 0.29) is 71.4 Å². The third kappa shape index (κ3) is 9.31. The summed E-state index contributed by atoms with van der Waals surface area (Å²) >= 11 is 0. The summed E-state index contributed by atoms with van der Waals surface area (Å²) < 4.78 is 74.6. The molecule has 0 unspecified atom stereocenters. The van der Waals surface area contributed by atoms with Gasteiger partial charge in [-0.05, 0) is 44.0 Å². The number of nitrogens with two attached hydrogens (primary N) is 1. The minimum Gasteiger partial charge on any atom is -0.490 e. The predicted octanol–water partition coefficient (Wildman–Crippen LogP) is 5.00. The van der Waals surface area contributed by atoms with Crippen LogP contribution < -0.4 is 20.5 Å². The molecule has 0 saturated carbocycles.